The SMILES string of the molecule is CCOCCNC(=NC)NCCCn1c(C)nc2ccccc21. The number of aryl methyl sites for hydroxylation is 2. The number of ether oxygens (including phenoxy) is 1. The monoisotopic (exact) mass is 317 g/mol. The summed E-state index contributed by atoms with van der Waals surface area (Å²) in [4.78, 5) is 8.80. The maximum absolute atomic E-state index is 5.30. The first-order valence-electron chi connectivity index (χ1n) is 8.20. The van der Waals surface area contributed by atoms with Crippen LogP contribution in [0.5, 0.6) is 0 Å². The van der Waals surface area contributed by atoms with Crippen LogP contribution in [0.25, 0.3) is 11.0 Å². The zero-order chi connectivity index (χ0) is 16.5. The Morgan fingerprint density at radius 3 is 2.83 bits per heavy atom. The van der Waals surface area contributed by atoms with Gasteiger partial charge in [-0.25, -0.2) is 4.98 Å². The van der Waals surface area contributed by atoms with E-state index in [9.17, 15) is 0 Å². The van der Waals surface area contributed by atoms with Crippen LogP contribution >= 0.6 is 0 Å². The molecule has 0 fully saturated rings. The Hall–Kier alpha value is -2.08. The number of benzene rings is 1. The van der Waals surface area contributed by atoms with Crippen molar-refractivity contribution in [3.63, 3.8) is 0 Å². The van der Waals surface area contributed by atoms with Crippen LogP contribution in [0.15, 0.2) is 29.3 Å². The molecule has 6 heteroatoms. The standard InChI is InChI=1S/C17H27N5O/c1-4-23-13-11-20-17(18-3)19-10-7-12-22-14(2)21-15-8-5-6-9-16(15)22/h5-6,8-9H,4,7,10-13H2,1-3H3,(H2,18,19,20). The van der Waals surface area contributed by atoms with Crippen molar-refractivity contribution in [2.24, 2.45) is 4.99 Å². The predicted molar refractivity (Wildman–Crippen MR) is 94.9 cm³/mol. The minimum Gasteiger partial charge on any atom is -0.380 e. The van der Waals surface area contributed by atoms with Crippen LogP contribution in [0.1, 0.15) is 19.2 Å². The fourth-order valence-corrected chi connectivity index (χ4v) is 2.53. The second kappa shape index (κ2) is 9.15. The molecule has 0 saturated heterocycles. The minimum absolute atomic E-state index is 0.692. The van der Waals surface area contributed by atoms with Gasteiger partial charge in [-0.2, -0.15) is 0 Å². The zero-order valence-corrected chi connectivity index (χ0v) is 14.3. The number of fused-ring (bicyclic) bond motifs is 1. The first-order chi connectivity index (χ1) is 11.3. The number of rotatable bonds is 8. The van der Waals surface area contributed by atoms with E-state index in [1.165, 1.54) is 5.52 Å². The predicted octanol–water partition coefficient (Wildman–Crippen LogP) is 1.94. The highest BCUT2D eigenvalue weighted by Gasteiger charge is 2.06. The largest absolute Gasteiger partial charge is 0.380 e. The molecule has 0 spiro atoms. The van der Waals surface area contributed by atoms with Gasteiger partial charge in [0, 0.05) is 33.3 Å². The summed E-state index contributed by atoms with van der Waals surface area (Å²) in [5.41, 5.74) is 2.26. The number of nitrogens with one attached hydrogen (secondary N) is 2. The highest BCUT2D eigenvalue weighted by molar-refractivity contribution is 5.79. The lowest BCUT2D eigenvalue weighted by atomic mass is 10.3. The minimum atomic E-state index is 0.692. The summed E-state index contributed by atoms with van der Waals surface area (Å²) in [5.74, 6) is 1.88. The van der Waals surface area contributed by atoms with E-state index in [1.807, 2.05) is 13.0 Å². The molecule has 0 amide bonds. The summed E-state index contributed by atoms with van der Waals surface area (Å²) in [7, 11) is 1.78. The molecular weight excluding hydrogens is 290 g/mol. The van der Waals surface area contributed by atoms with Crippen molar-refractivity contribution in [2.75, 3.05) is 33.4 Å². The van der Waals surface area contributed by atoms with Gasteiger partial charge in [-0.1, -0.05) is 12.1 Å². The van der Waals surface area contributed by atoms with E-state index in [1.54, 1.807) is 7.05 Å². The van der Waals surface area contributed by atoms with Crippen LogP contribution in [-0.2, 0) is 11.3 Å². The lowest BCUT2D eigenvalue weighted by molar-refractivity contribution is 0.152. The Morgan fingerprint density at radius 1 is 1.26 bits per heavy atom. The average Bonchev–Trinajstić information content (AvgIpc) is 2.89. The average molecular weight is 317 g/mol. The van der Waals surface area contributed by atoms with E-state index in [-0.39, 0.29) is 0 Å². The smallest absolute Gasteiger partial charge is 0.191 e. The van der Waals surface area contributed by atoms with E-state index in [0.29, 0.717) is 6.61 Å². The summed E-state index contributed by atoms with van der Waals surface area (Å²) in [6.07, 6.45) is 1.01. The van der Waals surface area contributed by atoms with Crippen LogP contribution in [-0.4, -0.2) is 48.9 Å². The van der Waals surface area contributed by atoms with Gasteiger partial charge in [0.25, 0.3) is 0 Å². The Labute approximate surface area is 138 Å². The molecule has 0 saturated carbocycles. The molecule has 0 atom stereocenters. The normalized spacial score (nSPS) is 11.9. The Morgan fingerprint density at radius 2 is 2.04 bits per heavy atom. The maximum Gasteiger partial charge on any atom is 0.191 e. The van der Waals surface area contributed by atoms with Gasteiger partial charge in [0.05, 0.1) is 17.6 Å². The molecular formula is C17H27N5O. The van der Waals surface area contributed by atoms with Crippen LogP contribution in [0.3, 0.4) is 0 Å². The fourth-order valence-electron chi connectivity index (χ4n) is 2.53. The first-order valence-corrected chi connectivity index (χ1v) is 8.20. The number of guanidine groups is 1. The maximum atomic E-state index is 5.30. The topological polar surface area (TPSA) is 63.5 Å². The quantitative estimate of drug-likeness (QED) is 0.444. The second-order valence-electron chi connectivity index (χ2n) is 5.28. The summed E-state index contributed by atoms with van der Waals surface area (Å²) < 4.78 is 7.57. The van der Waals surface area contributed by atoms with Crippen molar-refractivity contribution in [2.45, 2.75) is 26.8 Å². The van der Waals surface area contributed by atoms with E-state index in [0.717, 1.165) is 50.0 Å². The van der Waals surface area contributed by atoms with Gasteiger partial charge in [0.1, 0.15) is 5.82 Å². The molecule has 0 aliphatic rings. The van der Waals surface area contributed by atoms with Crippen molar-refractivity contribution in [1.29, 1.82) is 0 Å². The van der Waals surface area contributed by atoms with Crippen molar-refractivity contribution in [1.82, 2.24) is 20.2 Å². The van der Waals surface area contributed by atoms with Crippen molar-refractivity contribution in [3.8, 4) is 0 Å². The van der Waals surface area contributed by atoms with Crippen molar-refractivity contribution < 1.29 is 4.74 Å². The van der Waals surface area contributed by atoms with Gasteiger partial charge in [-0.3, -0.25) is 4.99 Å². The Bertz CT molecular complexity index is 635. The third-order valence-electron chi connectivity index (χ3n) is 3.66. The molecule has 2 aromatic rings. The van der Waals surface area contributed by atoms with Gasteiger partial charge >= 0.3 is 0 Å². The number of imidazole rings is 1. The molecule has 2 rings (SSSR count). The number of hydrogen-bond acceptors (Lipinski definition) is 3. The van der Waals surface area contributed by atoms with E-state index in [2.05, 4.69) is 50.3 Å². The fraction of sp³-hybridized carbons (Fsp3) is 0.529. The van der Waals surface area contributed by atoms with Gasteiger partial charge in [0.2, 0.25) is 0 Å². The summed E-state index contributed by atoms with van der Waals surface area (Å²) in [6, 6.07) is 8.26. The molecule has 1 aromatic carbocycles. The third-order valence-corrected chi connectivity index (χ3v) is 3.66. The molecule has 1 aromatic heterocycles. The lowest BCUT2D eigenvalue weighted by Crippen LogP contribution is -2.39. The Kier molecular flexibility index (Phi) is 6.87. The number of para-hydroxylation sites is 2. The molecule has 1 heterocycles. The molecule has 0 aliphatic heterocycles. The molecule has 126 valence electrons. The van der Waals surface area contributed by atoms with Crippen molar-refractivity contribution in [3.05, 3.63) is 30.1 Å². The second-order valence-corrected chi connectivity index (χ2v) is 5.28. The van der Waals surface area contributed by atoms with Gasteiger partial charge in [-0.15, -0.1) is 0 Å². The number of nitrogens with zero attached hydrogens (tertiary/aromatic N) is 3. The summed E-state index contributed by atoms with van der Waals surface area (Å²) >= 11 is 0. The summed E-state index contributed by atoms with van der Waals surface area (Å²) in [6.45, 7) is 8.05. The molecule has 23 heavy (non-hydrogen) atoms. The van der Waals surface area contributed by atoms with E-state index < -0.39 is 0 Å². The zero-order valence-electron chi connectivity index (χ0n) is 14.3. The van der Waals surface area contributed by atoms with Crippen LogP contribution in [0, 0.1) is 6.92 Å². The molecule has 0 radical (unpaired) electrons. The van der Waals surface area contributed by atoms with Crippen LogP contribution < -0.4 is 10.6 Å². The highest BCUT2D eigenvalue weighted by Crippen LogP contribution is 2.15. The molecule has 6 nitrogen and oxygen atoms in total. The van der Waals surface area contributed by atoms with Gasteiger partial charge in [-0.05, 0) is 32.4 Å². The third kappa shape index (κ3) is 4.96. The van der Waals surface area contributed by atoms with Gasteiger partial charge < -0.3 is 19.9 Å². The van der Waals surface area contributed by atoms with Gasteiger partial charge in [0.15, 0.2) is 5.96 Å². The van der Waals surface area contributed by atoms with E-state index >= 15 is 0 Å². The molecule has 0 aliphatic carbocycles. The van der Waals surface area contributed by atoms with E-state index in [4.69, 9.17) is 4.74 Å². The molecule has 0 unspecified atom stereocenters. The summed E-state index contributed by atoms with van der Waals surface area (Å²) in [5, 5.41) is 6.56. The van der Waals surface area contributed by atoms with Crippen molar-refractivity contribution >= 4 is 17.0 Å². The molecule has 0 bridgehead atoms. The Balaban J connectivity index is 1.77. The van der Waals surface area contributed by atoms with Crippen LogP contribution in [0.2, 0.25) is 0 Å². The molecule has 2 N–H and O–H groups in total. The lowest BCUT2D eigenvalue weighted by Gasteiger charge is -2.12. The first kappa shape index (κ1) is 17.3. The highest BCUT2D eigenvalue weighted by atomic mass is 16.5. The number of aromatic nitrogens is 2. The number of hydrogen-bond donors (Lipinski definition) is 2. The van der Waals surface area contributed by atoms with Crippen LogP contribution in [0.4, 0.5) is 0 Å². The number of aliphatic imine (C=N–C) groups is 1.